The van der Waals surface area contributed by atoms with E-state index >= 15 is 0 Å². The van der Waals surface area contributed by atoms with Crippen molar-refractivity contribution in [3.8, 4) is 11.5 Å². The van der Waals surface area contributed by atoms with E-state index in [1.807, 2.05) is 0 Å². The van der Waals surface area contributed by atoms with Crippen molar-refractivity contribution in [1.29, 1.82) is 0 Å². The Kier molecular flexibility index (Phi) is 6.44. The lowest BCUT2D eigenvalue weighted by atomic mass is 10.1. The third kappa shape index (κ3) is 4.61. The third-order valence-electron chi connectivity index (χ3n) is 2.69. The summed E-state index contributed by atoms with van der Waals surface area (Å²) in [4.78, 5) is 22.6. The molecule has 0 aliphatic heterocycles. The van der Waals surface area contributed by atoms with Gasteiger partial charge in [-0.3, -0.25) is 4.79 Å². The predicted octanol–water partition coefficient (Wildman–Crippen LogP) is 1.03. The summed E-state index contributed by atoms with van der Waals surface area (Å²) in [5.74, 6) is -0.972. The Balaban J connectivity index is 2.82. The zero-order valence-corrected chi connectivity index (χ0v) is 13.1. The fourth-order valence-corrected chi connectivity index (χ4v) is 2.20. The van der Waals surface area contributed by atoms with Gasteiger partial charge in [0.15, 0.2) is 6.10 Å². The standard InChI is InChI=1S/C13H16BrNO6/c1-20-7-5-8(11(21-2)9(14)6-7)12(17)15-4-3-10(16)13(18)19/h5-6,10,16H,3-4H2,1-2H3,(H,15,17)(H,18,19)/t10-/m0/s1. The van der Waals surface area contributed by atoms with E-state index in [9.17, 15) is 9.59 Å². The third-order valence-corrected chi connectivity index (χ3v) is 3.28. The summed E-state index contributed by atoms with van der Waals surface area (Å²) < 4.78 is 10.8. The highest BCUT2D eigenvalue weighted by molar-refractivity contribution is 9.10. The average Bonchev–Trinajstić information content (AvgIpc) is 2.45. The molecule has 7 nitrogen and oxygen atoms in total. The molecule has 0 heterocycles. The number of carboxylic acids is 1. The van der Waals surface area contributed by atoms with Crippen LogP contribution in [0.1, 0.15) is 16.8 Å². The van der Waals surface area contributed by atoms with Crippen LogP contribution in [0.25, 0.3) is 0 Å². The van der Waals surface area contributed by atoms with Crippen LogP contribution in [-0.4, -0.2) is 49.0 Å². The molecule has 0 aliphatic rings. The Hall–Kier alpha value is -1.80. The zero-order chi connectivity index (χ0) is 16.0. The molecule has 0 saturated heterocycles. The number of carbonyl (C=O) groups excluding carboxylic acids is 1. The van der Waals surface area contributed by atoms with E-state index in [2.05, 4.69) is 21.2 Å². The molecule has 1 atom stereocenters. The molecule has 0 fully saturated rings. The van der Waals surface area contributed by atoms with Gasteiger partial charge >= 0.3 is 5.97 Å². The molecule has 0 unspecified atom stereocenters. The average molecular weight is 362 g/mol. The van der Waals surface area contributed by atoms with Crippen LogP contribution in [0.5, 0.6) is 11.5 Å². The Labute approximate surface area is 130 Å². The number of hydrogen-bond donors (Lipinski definition) is 3. The molecule has 0 radical (unpaired) electrons. The van der Waals surface area contributed by atoms with Crippen LogP contribution in [0, 0.1) is 0 Å². The Morgan fingerprint density at radius 2 is 2.00 bits per heavy atom. The van der Waals surface area contributed by atoms with Crippen LogP contribution in [0.4, 0.5) is 0 Å². The number of methoxy groups -OCH3 is 2. The number of ether oxygens (including phenoxy) is 2. The molecule has 1 aromatic carbocycles. The molecule has 0 aromatic heterocycles. The maximum absolute atomic E-state index is 12.1. The van der Waals surface area contributed by atoms with Crippen LogP contribution in [0.2, 0.25) is 0 Å². The summed E-state index contributed by atoms with van der Waals surface area (Å²) in [6.45, 7) is 0.0181. The number of rotatable bonds is 7. The largest absolute Gasteiger partial charge is 0.497 e. The highest BCUT2D eigenvalue weighted by Gasteiger charge is 2.18. The summed E-state index contributed by atoms with van der Waals surface area (Å²) in [6.07, 6.45) is -1.60. The summed E-state index contributed by atoms with van der Waals surface area (Å²) in [5.41, 5.74) is 0.244. The number of halogens is 1. The van der Waals surface area contributed by atoms with Gasteiger partial charge in [-0.2, -0.15) is 0 Å². The zero-order valence-electron chi connectivity index (χ0n) is 11.6. The van der Waals surface area contributed by atoms with Crippen molar-refractivity contribution in [3.63, 3.8) is 0 Å². The maximum Gasteiger partial charge on any atom is 0.332 e. The van der Waals surface area contributed by atoms with E-state index in [0.717, 1.165) is 0 Å². The lowest BCUT2D eigenvalue weighted by molar-refractivity contribution is -0.146. The first-order valence-corrected chi connectivity index (χ1v) is 6.80. The second-order valence-corrected chi connectivity index (χ2v) is 4.94. The highest BCUT2D eigenvalue weighted by Crippen LogP contribution is 2.33. The Morgan fingerprint density at radius 3 is 2.52 bits per heavy atom. The number of aliphatic hydroxyl groups is 1. The summed E-state index contributed by atoms with van der Waals surface area (Å²) in [7, 11) is 2.90. The predicted molar refractivity (Wildman–Crippen MR) is 77.8 cm³/mol. The summed E-state index contributed by atoms with van der Waals surface area (Å²) >= 11 is 3.28. The van der Waals surface area contributed by atoms with Crippen molar-refractivity contribution in [2.75, 3.05) is 20.8 Å². The summed E-state index contributed by atoms with van der Waals surface area (Å²) in [6, 6.07) is 3.16. The molecule has 3 N–H and O–H groups in total. The molecular formula is C13H16BrNO6. The van der Waals surface area contributed by atoms with Gasteiger partial charge in [0.05, 0.1) is 24.3 Å². The van der Waals surface area contributed by atoms with E-state index in [1.165, 1.54) is 20.3 Å². The molecule has 0 bridgehead atoms. The lowest BCUT2D eigenvalue weighted by Gasteiger charge is -2.13. The quantitative estimate of drug-likeness (QED) is 0.669. The van der Waals surface area contributed by atoms with Crippen LogP contribution >= 0.6 is 15.9 Å². The van der Waals surface area contributed by atoms with Crippen LogP contribution in [0.3, 0.4) is 0 Å². The van der Waals surface area contributed by atoms with Crippen LogP contribution in [-0.2, 0) is 4.79 Å². The smallest absolute Gasteiger partial charge is 0.332 e. The molecule has 1 aromatic rings. The number of amides is 1. The number of aliphatic carboxylic acids is 1. The van der Waals surface area contributed by atoms with Crippen LogP contribution in [0.15, 0.2) is 16.6 Å². The van der Waals surface area contributed by atoms with Gasteiger partial charge in [-0.1, -0.05) is 0 Å². The van der Waals surface area contributed by atoms with Crippen LogP contribution < -0.4 is 14.8 Å². The molecule has 21 heavy (non-hydrogen) atoms. The maximum atomic E-state index is 12.1. The van der Waals surface area contributed by atoms with Gasteiger partial charge in [0, 0.05) is 13.0 Å². The number of hydrogen-bond acceptors (Lipinski definition) is 5. The second kappa shape index (κ2) is 7.84. The van der Waals surface area contributed by atoms with E-state index in [1.54, 1.807) is 6.07 Å². The SMILES string of the molecule is COc1cc(Br)c(OC)c(C(=O)NCC[C@H](O)C(=O)O)c1. The van der Waals surface area contributed by atoms with E-state index < -0.39 is 18.0 Å². The van der Waals surface area contributed by atoms with Crippen molar-refractivity contribution < 1.29 is 29.3 Å². The lowest BCUT2D eigenvalue weighted by Crippen LogP contribution is -2.30. The highest BCUT2D eigenvalue weighted by atomic mass is 79.9. The number of carbonyl (C=O) groups is 2. The van der Waals surface area contributed by atoms with Gasteiger partial charge in [0.1, 0.15) is 11.5 Å². The monoisotopic (exact) mass is 361 g/mol. The minimum absolute atomic E-state index is 0.0181. The molecule has 0 saturated carbocycles. The Bertz CT molecular complexity index is 534. The van der Waals surface area contributed by atoms with Gasteiger partial charge in [-0.05, 0) is 28.1 Å². The van der Waals surface area contributed by atoms with Crippen molar-refractivity contribution >= 4 is 27.8 Å². The minimum atomic E-state index is -1.51. The first-order chi connectivity index (χ1) is 9.90. The number of carboxylic acid groups (broad SMARTS) is 1. The van der Waals surface area contributed by atoms with Crippen molar-refractivity contribution in [1.82, 2.24) is 5.32 Å². The Morgan fingerprint density at radius 1 is 1.33 bits per heavy atom. The van der Waals surface area contributed by atoms with E-state index in [-0.39, 0.29) is 18.5 Å². The van der Waals surface area contributed by atoms with Gasteiger partial charge in [-0.15, -0.1) is 0 Å². The molecular weight excluding hydrogens is 346 g/mol. The number of benzene rings is 1. The van der Waals surface area contributed by atoms with Crippen molar-refractivity contribution in [2.24, 2.45) is 0 Å². The van der Waals surface area contributed by atoms with E-state index in [4.69, 9.17) is 19.7 Å². The van der Waals surface area contributed by atoms with Gasteiger partial charge in [0.25, 0.3) is 5.91 Å². The number of nitrogens with one attached hydrogen (secondary N) is 1. The fourth-order valence-electron chi connectivity index (χ4n) is 1.60. The molecule has 0 aliphatic carbocycles. The molecule has 0 spiro atoms. The van der Waals surface area contributed by atoms with Crippen molar-refractivity contribution in [3.05, 3.63) is 22.2 Å². The second-order valence-electron chi connectivity index (χ2n) is 4.09. The molecule has 1 rings (SSSR count). The topological polar surface area (TPSA) is 105 Å². The number of aliphatic hydroxyl groups excluding tert-OH is 1. The summed E-state index contributed by atoms with van der Waals surface area (Å²) in [5, 5.41) is 20.2. The van der Waals surface area contributed by atoms with Crippen molar-refractivity contribution in [2.45, 2.75) is 12.5 Å². The van der Waals surface area contributed by atoms with Gasteiger partial charge < -0.3 is 25.0 Å². The first-order valence-electron chi connectivity index (χ1n) is 6.01. The molecule has 8 heteroatoms. The first kappa shape index (κ1) is 17.3. The minimum Gasteiger partial charge on any atom is -0.497 e. The molecule has 1 amide bonds. The van der Waals surface area contributed by atoms with E-state index in [0.29, 0.717) is 16.0 Å². The fraction of sp³-hybridized carbons (Fsp3) is 0.385. The van der Waals surface area contributed by atoms with Gasteiger partial charge in [0.2, 0.25) is 0 Å². The normalized spacial score (nSPS) is 11.6. The van der Waals surface area contributed by atoms with Gasteiger partial charge in [-0.25, -0.2) is 4.79 Å². The molecule has 116 valence electrons.